The number of fused-ring (bicyclic) bond motifs is 1. The lowest BCUT2D eigenvalue weighted by molar-refractivity contribution is 0.112. The Morgan fingerprint density at radius 3 is 2.76 bits per heavy atom. The van der Waals surface area contributed by atoms with Gasteiger partial charge in [0, 0.05) is 30.0 Å². The summed E-state index contributed by atoms with van der Waals surface area (Å²) in [6, 6.07) is 14.6. The molecule has 0 bridgehead atoms. The highest BCUT2D eigenvalue weighted by atomic mass is 19.1. The molecule has 3 atom stereocenters. The maximum absolute atomic E-state index is 14.3. The fourth-order valence-electron chi connectivity index (χ4n) is 5.57. The third-order valence-electron chi connectivity index (χ3n) is 7.54. The zero-order valence-corrected chi connectivity index (χ0v) is 18.0. The van der Waals surface area contributed by atoms with Crippen molar-refractivity contribution < 1.29 is 9.13 Å². The summed E-state index contributed by atoms with van der Waals surface area (Å²) in [7, 11) is 0. The largest absolute Gasteiger partial charge is 0.382 e. The van der Waals surface area contributed by atoms with Crippen molar-refractivity contribution in [3.05, 3.63) is 66.1 Å². The van der Waals surface area contributed by atoms with E-state index in [9.17, 15) is 4.39 Å². The Balaban J connectivity index is 1.24. The minimum Gasteiger partial charge on any atom is -0.382 e. The normalized spacial score (nSPS) is 25.4. The van der Waals surface area contributed by atoms with Crippen LogP contribution in [-0.4, -0.2) is 44.5 Å². The third kappa shape index (κ3) is 2.80. The molecule has 33 heavy (non-hydrogen) atoms. The van der Waals surface area contributed by atoms with E-state index >= 15 is 0 Å². The number of piperidine rings is 1. The summed E-state index contributed by atoms with van der Waals surface area (Å²) in [6.07, 6.45) is 4.50. The molecular weight excluding hydrogens is 419 g/mol. The van der Waals surface area contributed by atoms with Crippen molar-refractivity contribution in [2.24, 2.45) is 5.92 Å². The van der Waals surface area contributed by atoms with Gasteiger partial charge in [0.2, 0.25) is 0 Å². The number of nitrogen functional groups attached to an aromatic ring is 1. The quantitative estimate of drug-likeness (QED) is 0.486. The van der Waals surface area contributed by atoms with Crippen LogP contribution in [0.2, 0.25) is 0 Å². The van der Waals surface area contributed by atoms with E-state index in [0.29, 0.717) is 41.5 Å². The Hall–Kier alpha value is -3.52. The molecule has 2 N–H and O–H groups in total. The molecule has 1 saturated carbocycles. The van der Waals surface area contributed by atoms with E-state index in [4.69, 9.17) is 15.6 Å². The van der Waals surface area contributed by atoms with Gasteiger partial charge in [-0.2, -0.15) is 5.10 Å². The van der Waals surface area contributed by atoms with Gasteiger partial charge in [-0.25, -0.2) is 14.4 Å². The van der Waals surface area contributed by atoms with Gasteiger partial charge in [0.25, 0.3) is 0 Å². The average molecular weight is 442 g/mol. The van der Waals surface area contributed by atoms with Gasteiger partial charge in [-0.05, 0) is 25.0 Å². The summed E-state index contributed by atoms with van der Waals surface area (Å²) in [5, 5.41) is 5.67. The molecule has 4 heterocycles. The van der Waals surface area contributed by atoms with E-state index in [1.807, 2.05) is 30.3 Å². The average Bonchev–Trinajstić information content (AvgIpc) is 3.47. The zero-order valence-electron chi connectivity index (χ0n) is 18.0. The molecule has 1 aliphatic carbocycles. The first-order valence-electron chi connectivity index (χ1n) is 11.4. The molecule has 7 nitrogen and oxygen atoms in total. The standard InChI is InChI=1S/C25H23FN6O/c26-18-7-3-1-5-15(18)12-32-19-8-4-2-6-17(19)22(30-32)24-28-11-20(23(27)29-24)31-13-16-9-10-25(16)21(14-31)33-25/h1-8,11,16,21H,9-10,12-14H2,(H2,27,28,29). The molecule has 8 heteroatoms. The summed E-state index contributed by atoms with van der Waals surface area (Å²) in [5.74, 6) is 1.24. The number of nitrogens with two attached hydrogens (primary N) is 1. The molecule has 2 aliphatic heterocycles. The van der Waals surface area contributed by atoms with Crippen molar-refractivity contribution in [3.8, 4) is 11.5 Å². The lowest BCUT2D eigenvalue weighted by Gasteiger charge is -2.43. The summed E-state index contributed by atoms with van der Waals surface area (Å²) in [6.45, 7) is 2.09. The predicted octanol–water partition coefficient (Wildman–Crippen LogP) is 3.63. The molecular formula is C25H23FN6O. The Morgan fingerprint density at radius 2 is 1.97 bits per heavy atom. The van der Waals surface area contributed by atoms with Gasteiger partial charge in [-0.1, -0.05) is 36.4 Å². The SMILES string of the molecule is Nc1nc(-c2nn(Cc3ccccc3F)c3ccccc23)ncc1N1CC2CCC23OC3C1. The van der Waals surface area contributed by atoms with Crippen LogP contribution >= 0.6 is 0 Å². The molecule has 166 valence electrons. The van der Waals surface area contributed by atoms with Crippen LogP contribution in [0, 0.1) is 11.7 Å². The van der Waals surface area contributed by atoms with E-state index in [1.54, 1.807) is 23.0 Å². The molecule has 1 spiro atoms. The first-order chi connectivity index (χ1) is 16.1. The second-order valence-electron chi connectivity index (χ2n) is 9.28. The lowest BCUT2D eigenvalue weighted by atomic mass is 9.69. The molecule has 3 unspecified atom stereocenters. The summed E-state index contributed by atoms with van der Waals surface area (Å²) < 4.78 is 22.1. The number of hydrogen-bond donors (Lipinski definition) is 1. The number of rotatable bonds is 4. The van der Waals surface area contributed by atoms with Gasteiger partial charge in [0.15, 0.2) is 11.6 Å². The molecule has 3 fully saturated rings. The number of anilines is 2. The minimum atomic E-state index is -0.250. The number of halogens is 1. The van der Waals surface area contributed by atoms with Crippen molar-refractivity contribution in [3.63, 3.8) is 0 Å². The fraction of sp³-hybridized carbons (Fsp3) is 0.320. The summed E-state index contributed by atoms with van der Waals surface area (Å²) in [5.41, 5.74) is 9.55. The maximum atomic E-state index is 14.3. The first kappa shape index (κ1) is 19.0. The second-order valence-corrected chi connectivity index (χ2v) is 9.28. The molecule has 3 aliphatic rings. The molecule has 7 rings (SSSR count). The Morgan fingerprint density at radius 1 is 1.12 bits per heavy atom. The number of hydrogen-bond acceptors (Lipinski definition) is 6. The van der Waals surface area contributed by atoms with Crippen molar-refractivity contribution in [2.45, 2.75) is 31.1 Å². The second kappa shape index (κ2) is 6.74. The van der Waals surface area contributed by atoms with Gasteiger partial charge in [0.1, 0.15) is 23.2 Å². The highest BCUT2D eigenvalue weighted by Gasteiger charge is 2.68. The highest BCUT2D eigenvalue weighted by Crippen LogP contribution is 2.59. The van der Waals surface area contributed by atoms with E-state index < -0.39 is 0 Å². The minimum absolute atomic E-state index is 0.163. The monoisotopic (exact) mass is 442 g/mol. The number of ether oxygens (including phenoxy) is 1. The van der Waals surface area contributed by atoms with Crippen molar-refractivity contribution >= 4 is 22.4 Å². The van der Waals surface area contributed by atoms with Crippen molar-refractivity contribution in [1.82, 2.24) is 19.7 Å². The van der Waals surface area contributed by atoms with Crippen LogP contribution in [-0.2, 0) is 11.3 Å². The fourth-order valence-corrected chi connectivity index (χ4v) is 5.57. The van der Waals surface area contributed by atoms with Gasteiger partial charge >= 0.3 is 0 Å². The summed E-state index contributed by atoms with van der Waals surface area (Å²) in [4.78, 5) is 11.5. The van der Waals surface area contributed by atoms with Crippen LogP contribution < -0.4 is 10.6 Å². The van der Waals surface area contributed by atoms with Crippen LogP contribution in [0.15, 0.2) is 54.7 Å². The van der Waals surface area contributed by atoms with Crippen LogP contribution in [0.4, 0.5) is 15.9 Å². The zero-order chi connectivity index (χ0) is 22.2. The smallest absolute Gasteiger partial charge is 0.182 e. The molecule has 0 radical (unpaired) electrons. The predicted molar refractivity (Wildman–Crippen MR) is 123 cm³/mol. The van der Waals surface area contributed by atoms with Gasteiger partial charge in [-0.15, -0.1) is 0 Å². The van der Waals surface area contributed by atoms with E-state index in [-0.39, 0.29) is 11.4 Å². The Kier molecular flexibility index (Phi) is 3.88. The Labute approximate surface area is 190 Å². The maximum Gasteiger partial charge on any atom is 0.182 e. The number of nitrogens with zero attached hydrogens (tertiary/aromatic N) is 5. The van der Waals surface area contributed by atoms with Crippen LogP contribution in [0.1, 0.15) is 18.4 Å². The molecule has 4 aromatic rings. The van der Waals surface area contributed by atoms with E-state index in [0.717, 1.165) is 29.7 Å². The molecule has 2 aromatic carbocycles. The molecule has 0 amide bonds. The van der Waals surface area contributed by atoms with Crippen LogP contribution in [0.25, 0.3) is 22.4 Å². The highest BCUT2D eigenvalue weighted by molar-refractivity contribution is 5.92. The Bertz CT molecular complexity index is 1400. The van der Waals surface area contributed by atoms with Crippen LogP contribution in [0.5, 0.6) is 0 Å². The lowest BCUT2D eigenvalue weighted by Crippen LogP contribution is -2.52. The van der Waals surface area contributed by atoms with Crippen LogP contribution in [0.3, 0.4) is 0 Å². The number of aromatic nitrogens is 4. The van der Waals surface area contributed by atoms with E-state index in [1.165, 1.54) is 18.9 Å². The molecule has 2 aromatic heterocycles. The van der Waals surface area contributed by atoms with Crippen molar-refractivity contribution in [2.75, 3.05) is 23.7 Å². The third-order valence-corrected chi connectivity index (χ3v) is 7.54. The van der Waals surface area contributed by atoms with E-state index in [2.05, 4.69) is 14.9 Å². The topological polar surface area (TPSA) is 85.4 Å². The van der Waals surface area contributed by atoms with Gasteiger partial charge < -0.3 is 15.4 Å². The van der Waals surface area contributed by atoms with Crippen molar-refractivity contribution in [1.29, 1.82) is 0 Å². The van der Waals surface area contributed by atoms with Gasteiger partial charge in [0.05, 0.1) is 23.9 Å². The molecule has 2 saturated heterocycles. The number of para-hydroxylation sites is 1. The summed E-state index contributed by atoms with van der Waals surface area (Å²) >= 11 is 0. The number of benzene rings is 2. The first-order valence-corrected chi connectivity index (χ1v) is 11.4. The number of epoxide rings is 1. The van der Waals surface area contributed by atoms with Gasteiger partial charge in [-0.3, -0.25) is 4.68 Å².